The van der Waals surface area contributed by atoms with Crippen LogP contribution in [0.4, 0.5) is 13.2 Å². The van der Waals surface area contributed by atoms with Crippen molar-refractivity contribution >= 4 is 0 Å². The Morgan fingerprint density at radius 3 is 2.71 bits per heavy atom. The van der Waals surface area contributed by atoms with Crippen LogP contribution in [0.25, 0.3) is 0 Å². The van der Waals surface area contributed by atoms with Crippen LogP contribution in [0, 0.1) is 12.8 Å². The van der Waals surface area contributed by atoms with Gasteiger partial charge < -0.3 is 5.32 Å². The highest BCUT2D eigenvalue weighted by Gasteiger charge is 2.34. The first-order valence-corrected chi connectivity index (χ1v) is 5.85. The Morgan fingerprint density at radius 2 is 2.12 bits per heavy atom. The molecule has 0 amide bonds. The van der Waals surface area contributed by atoms with Gasteiger partial charge >= 0.3 is 6.18 Å². The molecule has 1 aromatic carbocycles. The van der Waals surface area contributed by atoms with Crippen LogP contribution in [0.2, 0.25) is 0 Å². The van der Waals surface area contributed by atoms with Crippen molar-refractivity contribution in [1.29, 1.82) is 0 Å². The molecule has 1 nitrogen and oxygen atoms in total. The van der Waals surface area contributed by atoms with Crippen LogP contribution < -0.4 is 5.32 Å². The van der Waals surface area contributed by atoms with Crippen molar-refractivity contribution in [3.63, 3.8) is 0 Å². The first-order valence-electron chi connectivity index (χ1n) is 5.85. The molecule has 1 fully saturated rings. The van der Waals surface area contributed by atoms with Gasteiger partial charge in [0, 0.05) is 0 Å². The fraction of sp³-hybridized carbons (Fsp3) is 0.538. The number of halogens is 3. The normalized spacial score (nSPS) is 20.8. The van der Waals surface area contributed by atoms with E-state index in [0.717, 1.165) is 25.1 Å². The van der Waals surface area contributed by atoms with Gasteiger partial charge in [-0.3, -0.25) is 0 Å². The zero-order valence-electron chi connectivity index (χ0n) is 9.77. The average molecular weight is 243 g/mol. The molecule has 94 valence electrons. The van der Waals surface area contributed by atoms with Gasteiger partial charge in [0.05, 0.1) is 5.56 Å². The van der Waals surface area contributed by atoms with E-state index in [1.165, 1.54) is 12.1 Å². The summed E-state index contributed by atoms with van der Waals surface area (Å²) in [5.74, 6) is 0.331. The molecule has 0 radical (unpaired) electrons. The van der Waals surface area contributed by atoms with Gasteiger partial charge in [-0.2, -0.15) is 13.2 Å². The molecular weight excluding hydrogens is 227 g/mol. The minimum Gasteiger partial charge on any atom is -0.316 e. The van der Waals surface area contributed by atoms with E-state index in [2.05, 4.69) is 5.32 Å². The number of hydrogen-bond acceptors (Lipinski definition) is 1. The lowest BCUT2D eigenvalue weighted by Gasteiger charge is -2.17. The average Bonchev–Trinajstić information content (AvgIpc) is 2.72. The highest BCUT2D eigenvalue weighted by atomic mass is 19.4. The molecule has 0 spiro atoms. The van der Waals surface area contributed by atoms with Crippen LogP contribution in [0.15, 0.2) is 18.2 Å². The molecule has 1 heterocycles. The lowest BCUT2D eigenvalue weighted by atomic mass is 9.91. The molecule has 1 unspecified atom stereocenters. The summed E-state index contributed by atoms with van der Waals surface area (Å²) in [7, 11) is 0. The minimum absolute atomic E-state index is 0.331. The van der Waals surface area contributed by atoms with Gasteiger partial charge in [0.15, 0.2) is 0 Å². The zero-order chi connectivity index (χ0) is 12.5. The van der Waals surface area contributed by atoms with Crippen molar-refractivity contribution in [2.24, 2.45) is 5.92 Å². The Labute approximate surface area is 99.0 Å². The fourth-order valence-corrected chi connectivity index (χ4v) is 2.42. The monoisotopic (exact) mass is 243 g/mol. The maximum atomic E-state index is 12.9. The predicted octanol–water partition coefficient (Wildman–Crippen LogP) is 3.17. The van der Waals surface area contributed by atoms with E-state index in [-0.39, 0.29) is 0 Å². The Bertz CT molecular complexity index is 392. The summed E-state index contributed by atoms with van der Waals surface area (Å²) in [5.41, 5.74) is 0.741. The lowest BCUT2D eigenvalue weighted by Crippen LogP contribution is -2.16. The number of hydrogen-bond donors (Lipinski definition) is 1. The van der Waals surface area contributed by atoms with Crippen LogP contribution >= 0.6 is 0 Å². The third-order valence-corrected chi connectivity index (χ3v) is 3.37. The first kappa shape index (κ1) is 12.4. The SMILES string of the molecule is Cc1cccc(C(F)(F)F)c1CC1CCNC1. The molecule has 1 saturated heterocycles. The van der Waals surface area contributed by atoms with E-state index in [0.29, 0.717) is 17.9 Å². The third kappa shape index (κ3) is 2.80. The van der Waals surface area contributed by atoms with Gasteiger partial charge in [0.25, 0.3) is 0 Å². The second kappa shape index (κ2) is 4.69. The Morgan fingerprint density at radius 1 is 1.35 bits per heavy atom. The Balaban J connectivity index is 2.30. The molecule has 0 saturated carbocycles. The summed E-state index contributed by atoms with van der Waals surface area (Å²) < 4.78 is 38.7. The van der Waals surface area contributed by atoms with Crippen LogP contribution in [0.5, 0.6) is 0 Å². The standard InChI is InChI=1S/C13H16F3N/c1-9-3-2-4-12(13(14,15)16)11(9)7-10-5-6-17-8-10/h2-4,10,17H,5-8H2,1H3. The fourth-order valence-electron chi connectivity index (χ4n) is 2.42. The molecule has 1 N–H and O–H groups in total. The van der Waals surface area contributed by atoms with Crippen molar-refractivity contribution in [3.05, 3.63) is 34.9 Å². The molecule has 0 bridgehead atoms. The zero-order valence-corrected chi connectivity index (χ0v) is 9.77. The maximum absolute atomic E-state index is 12.9. The third-order valence-electron chi connectivity index (χ3n) is 3.37. The summed E-state index contributed by atoms with van der Waals surface area (Å²) in [6, 6.07) is 4.42. The number of aryl methyl sites for hydroxylation is 1. The van der Waals surface area contributed by atoms with Crippen molar-refractivity contribution in [2.75, 3.05) is 13.1 Å². The summed E-state index contributed by atoms with van der Waals surface area (Å²) in [6.45, 7) is 3.50. The summed E-state index contributed by atoms with van der Waals surface area (Å²) in [4.78, 5) is 0. The highest BCUT2D eigenvalue weighted by molar-refractivity contribution is 5.36. The molecule has 1 atom stereocenters. The Hall–Kier alpha value is -1.03. The summed E-state index contributed by atoms with van der Waals surface area (Å²) in [6.07, 6.45) is -2.76. The van der Waals surface area contributed by atoms with E-state index in [9.17, 15) is 13.2 Å². The topological polar surface area (TPSA) is 12.0 Å². The molecular formula is C13H16F3N. The second-order valence-corrected chi connectivity index (χ2v) is 4.66. The van der Waals surface area contributed by atoms with E-state index < -0.39 is 11.7 Å². The molecule has 1 aromatic rings. The molecule has 1 aliphatic rings. The van der Waals surface area contributed by atoms with E-state index in [1.807, 2.05) is 0 Å². The van der Waals surface area contributed by atoms with Crippen molar-refractivity contribution < 1.29 is 13.2 Å². The minimum atomic E-state index is -4.24. The predicted molar refractivity (Wildman–Crippen MR) is 60.9 cm³/mol. The number of nitrogens with one attached hydrogen (secondary N) is 1. The summed E-state index contributed by atoms with van der Waals surface area (Å²) >= 11 is 0. The van der Waals surface area contributed by atoms with Crippen LogP contribution in [-0.2, 0) is 12.6 Å². The molecule has 2 rings (SSSR count). The van der Waals surface area contributed by atoms with Crippen molar-refractivity contribution in [3.8, 4) is 0 Å². The molecule has 1 aliphatic heterocycles. The van der Waals surface area contributed by atoms with Crippen molar-refractivity contribution in [2.45, 2.75) is 25.9 Å². The van der Waals surface area contributed by atoms with Gasteiger partial charge in [-0.1, -0.05) is 12.1 Å². The number of alkyl halides is 3. The van der Waals surface area contributed by atoms with E-state index in [4.69, 9.17) is 0 Å². The van der Waals surface area contributed by atoms with E-state index in [1.54, 1.807) is 13.0 Å². The van der Waals surface area contributed by atoms with Gasteiger partial charge in [0.1, 0.15) is 0 Å². The van der Waals surface area contributed by atoms with Crippen LogP contribution in [0.1, 0.15) is 23.1 Å². The lowest BCUT2D eigenvalue weighted by molar-refractivity contribution is -0.138. The Kier molecular flexibility index (Phi) is 3.43. The first-order chi connectivity index (χ1) is 7.98. The summed E-state index contributed by atoms with van der Waals surface area (Å²) in [5, 5.41) is 3.19. The quantitative estimate of drug-likeness (QED) is 0.841. The van der Waals surface area contributed by atoms with Crippen LogP contribution in [-0.4, -0.2) is 13.1 Å². The van der Waals surface area contributed by atoms with Gasteiger partial charge in [-0.15, -0.1) is 0 Å². The smallest absolute Gasteiger partial charge is 0.316 e. The van der Waals surface area contributed by atoms with Crippen LogP contribution in [0.3, 0.4) is 0 Å². The molecule has 17 heavy (non-hydrogen) atoms. The highest BCUT2D eigenvalue weighted by Crippen LogP contribution is 2.34. The second-order valence-electron chi connectivity index (χ2n) is 4.66. The molecule has 0 aromatic heterocycles. The maximum Gasteiger partial charge on any atom is 0.416 e. The number of benzene rings is 1. The molecule has 4 heteroatoms. The number of rotatable bonds is 2. The largest absolute Gasteiger partial charge is 0.416 e. The molecule has 0 aliphatic carbocycles. The van der Waals surface area contributed by atoms with Gasteiger partial charge in [0.2, 0.25) is 0 Å². The van der Waals surface area contributed by atoms with Gasteiger partial charge in [-0.05, 0) is 56.0 Å². The van der Waals surface area contributed by atoms with Gasteiger partial charge in [-0.25, -0.2) is 0 Å². The van der Waals surface area contributed by atoms with Crippen molar-refractivity contribution in [1.82, 2.24) is 5.32 Å². The van der Waals surface area contributed by atoms with E-state index >= 15 is 0 Å².